The summed E-state index contributed by atoms with van der Waals surface area (Å²) in [5.74, 6) is -0.694. The van der Waals surface area contributed by atoms with Crippen LogP contribution in [0.3, 0.4) is 0 Å². The van der Waals surface area contributed by atoms with Gasteiger partial charge in [0.05, 0.1) is 0 Å². The van der Waals surface area contributed by atoms with Crippen molar-refractivity contribution in [3.8, 4) is 0 Å². The van der Waals surface area contributed by atoms with E-state index in [1.165, 1.54) is 0 Å². The summed E-state index contributed by atoms with van der Waals surface area (Å²) in [6.07, 6.45) is -0.221. The van der Waals surface area contributed by atoms with E-state index >= 15 is 0 Å². The molecule has 0 saturated carbocycles. The van der Waals surface area contributed by atoms with Crippen molar-refractivity contribution in [2.24, 2.45) is 0 Å². The van der Waals surface area contributed by atoms with Crippen LogP contribution >= 0.6 is 15.9 Å². The molecule has 2 amide bonds. The number of halogens is 1. The van der Waals surface area contributed by atoms with Gasteiger partial charge in [0, 0.05) is 15.8 Å². The summed E-state index contributed by atoms with van der Waals surface area (Å²) < 4.78 is 0.865. The largest absolute Gasteiger partial charge is 0.326 e. The Morgan fingerprint density at radius 1 is 0.850 bits per heavy atom. The monoisotopic (exact) mass is 332 g/mol. The van der Waals surface area contributed by atoms with Gasteiger partial charge in [-0.1, -0.05) is 40.2 Å². The molecular formula is C15H13BrN2O2. The van der Waals surface area contributed by atoms with Crippen LogP contribution in [0.25, 0.3) is 0 Å². The summed E-state index contributed by atoms with van der Waals surface area (Å²) in [6, 6.07) is 16.2. The Morgan fingerprint density at radius 3 is 2.10 bits per heavy atom. The highest BCUT2D eigenvalue weighted by atomic mass is 79.9. The van der Waals surface area contributed by atoms with Crippen LogP contribution in [-0.4, -0.2) is 11.8 Å². The van der Waals surface area contributed by atoms with Crippen LogP contribution in [0.15, 0.2) is 59.1 Å². The van der Waals surface area contributed by atoms with E-state index < -0.39 is 0 Å². The van der Waals surface area contributed by atoms with Crippen molar-refractivity contribution in [2.45, 2.75) is 6.42 Å². The predicted octanol–water partition coefficient (Wildman–Crippen LogP) is 3.42. The van der Waals surface area contributed by atoms with E-state index in [1.54, 1.807) is 24.3 Å². The third-order valence-corrected chi connectivity index (χ3v) is 2.98. The second kappa shape index (κ2) is 6.86. The highest BCUT2D eigenvalue weighted by Gasteiger charge is 2.09. The van der Waals surface area contributed by atoms with Gasteiger partial charge in [-0.25, -0.2) is 0 Å². The smallest absolute Gasteiger partial charge is 0.233 e. The number of benzene rings is 2. The van der Waals surface area contributed by atoms with E-state index in [2.05, 4.69) is 26.6 Å². The van der Waals surface area contributed by atoms with Gasteiger partial charge in [0.2, 0.25) is 11.8 Å². The van der Waals surface area contributed by atoms with Crippen molar-refractivity contribution >= 4 is 39.1 Å². The SMILES string of the molecule is O=C(CC(=O)Nc1cccc(Br)c1)Nc1ccccc1. The zero-order valence-electron chi connectivity index (χ0n) is 10.6. The van der Waals surface area contributed by atoms with Gasteiger partial charge in [0.25, 0.3) is 0 Å². The van der Waals surface area contributed by atoms with Gasteiger partial charge in [0.1, 0.15) is 6.42 Å². The molecule has 0 aliphatic heterocycles. The fraction of sp³-hybridized carbons (Fsp3) is 0.0667. The molecule has 0 heterocycles. The molecule has 2 aromatic rings. The second-order valence-electron chi connectivity index (χ2n) is 4.15. The van der Waals surface area contributed by atoms with E-state index in [4.69, 9.17) is 0 Å². The molecule has 0 aliphatic rings. The molecule has 2 rings (SSSR count). The number of anilines is 2. The zero-order valence-corrected chi connectivity index (χ0v) is 12.2. The van der Waals surface area contributed by atoms with Gasteiger partial charge < -0.3 is 10.6 Å². The first-order valence-corrected chi connectivity index (χ1v) is 6.83. The highest BCUT2D eigenvalue weighted by molar-refractivity contribution is 9.10. The molecule has 0 aliphatic carbocycles. The molecule has 0 unspecified atom stereocenters. The van der Waals surface area contributed by atoms with E-state index in [1.807, 2.05) is 30.3 Å². The van der Waals surface area contributed by atoms with Gasteiger partial charge in [0.15, 0.2) is 0 Å². The van der Waals surface area contributed by atoms with Crippen LogP contribution in [0.5, 0.6) is 0 Å². The number of carbonyl (C=O) groups is 2. The number of nitrogens with one attached hydrogen (secondary N) is 2. The molecule has 0 bridgehead atoms. The van der Waals surface area contributed by atoms with Gasteiger partial charge in [-0.3, -0.25) is 9.59 Å². The lowest BCUT2D eigenvalue weighted by Crippen LogP contribution is -2.21. The maximum absolute atomic E-state index is 11.7. The quantitative estimate of drug-likeness (QED) is 0.843. The lowest BCUT2D eigenvalue weighted by molar-refractivity contribution is -0.123. The van der Waals surface area contributed by atoms with Crippen molar-refractivity contribution in [3.05, 3.63) is 59.1 Å². The van der Waals surface area contributed by atoms with Crippen LogP contribution in [-0.2, 0) is 9.59 Å². The minimum absolute atomic E-state index is 0.221. The standard InChI is InChI=1S/C15H13BrN2O2/c16-11-5-4-8-13(9-11)18-15(20)10-14(19)17-12-6-2-1-3-7-12/h1-9H,10H2,(H,17,19)(H,18,20). The molecule has 0 aromatic heterocycles. The first-order chi connectivity index (χ1) is 9.63. The number of hydrogen-bond acceptors (Lipinski definition) is 2. The molecular weight excluding hydrogens is 320 g/mol. The highest BCUT2D eigenvalue weighted by Crippen LogP contribution is 2.15. The summed E-state index contributed by atoms with van der Waals surface area (Å²) >= 11 is 3.32. The maximum atomic E-state index is 11.7. The Labute approximate surface area is 125 Å². The summed E-state index contributed by atoms with van der Waals surface area (Å²) in [4.78, 5) is 23.4. The lowest BCUT2D eigenvalue weighted by atomic mass is 10.3. The van der Waals surface area contributed by atoms with E-state index in [0.717, 1.165) is 4.47 Å². The van der Waals surface area contributed by atoms with Crippen LogP contribution in [0.1, 0.15) is 6.42 Å². The minimum atomic E-state index is -0.350. The Balaban J connectivity index is 1.87. The Kier molecular flexibility index (Phi) is 4.90. The van der Waals surface area contributed by atoms with E-state index in [9.17, 15) is 9.59 Å². The van der Waals surface area contributed by atoms with Crippen LogP contribution in [0.2, 0.25) is 0 Å². The molecule has 4 nitrogen and oxygen atoms in total. The normalized spacial score (nSPS) is 9.85. The Hall–Kier alpha value is -2.14. The molecule has 0 fully saturated rings. The predicted molar refractivity (Wildman–Crippen MR) is 82.5 cm³/mol. The van der Waals surface area contributed by atoms with Crippen LogP contribution in [0, 0.1) is 0 Å². The van der Waals surface area contributed by atoms with E-state index in [0.29, 0.717) is 11.4 Å². The van der Waals surface area contributed by atoms with Crippen LogP contribution in [0.4, 0.5) is 11.4 Å². The molecule has 0 spiro atoms. The number of hydrogen-bond donors (Lipinski definition) is 2. The number of amides is 2. The maximum Gasteiger partial charge on any atom is 0.233 e. The number of rotatable bonds is 4. The van der Waals surface area contributed by atoms with Crippen molar-refractivity contribution < 1.29 is 9.59 Å². The lowest BCUT2D eigenvalue weighted by Gasteiger charge is -2.06. The topological polar surface area (TPSA) is 58.2 Å². The summed E-state index contributed by atoms with van der Waals surface area (Å²) in [7, 11) is 0. The molecule has 2 N–H and O–H groups in total. The van der Waals surface area contributed by atoms with Crippen LogP contribution < -0.4 is 10.6 Å². The molecule has 102 valence electrons. The summed E-state index contributed by atoms with van der Waals surface area (Å²) in [5.41, 5.74) is 1.32. The summed E-state index contributed by atoms with van der Waals surface area (Å²) in [5, 5.41) is 5.33. The molecule has 20 heavy (non-hydrogen) atoms. The molecule has 0 radical (unpaired) electrons. The average Bonchev–Trinajstić information content (AvgIpc) is 2.39. The first kappa shape index (κ1) is 14.3. The van der Waals surface area contributed by atoms with Gasteiger partial charge >= 0.3 is 0 Å². The van der Waals surface area contributed by atoms with Gasteiger partial charge in [-0.05, 0) is 30.3 Å². The fourth-order valence-corrected chi connectivity index (χ4v) is 2.04. The van der Waals surface area contributed by atoms with Crippen molar-refractivity contribution in [1.29, 1.82) is 0 Å². The van der Waals surface area contributed by atoms with Gasteiger partial charge in [-0.2, -0.15) is 0 Å². The third-order valence-electron chi connectivity index (χ3n) is 2.49. The number of para-hydroxylation sites is 1. The molecule has 0 saturated heterocycles. The van der Waals surface area contributed by atoms with Gasteiger partial charge in [-0.15, -0.1) is 0 Å². The number of carbonyl (C=O) groups excluding carboxylic acids is 2. The van der Waals surface area contributed by atoms with E-state index in [-0.39, 0.29) is 18.2 Å². The summed E-state index contributed by atoms with van der Waals surface area (Å²) in [6.45, 7) is 0. The molecule has 0 atom stereocenters. The average molecular weight is 333 g/mol. The Bertz CT molecular complexity index is 614. The van der Waals surface area contributed by atoms with Crippen molar-refractivity contribution in [3.63, 3.8) is 0 Å². The molecule has 5 heteroatoms. The Morgan fingerprint density at radius 2 is 1.45 bits per heavy atom. The second-order valence-corrected chi connectivity index (χ2v) is 5.07. The molecule has 2 aromatic carbocycles. The van der Waals surface area contributed by atoms with Crippen molar-refractivity contribution in [1.82, 2.24) is 0 Å². The first-order valence-electron chi connectivity index (χ1n) is 6.04. The zero-order chi connectivity index (χ0) is 14.4. The van der Waals surface area contributed by atoms with Crippen molar-refractivity contribution in [2.75, 3.05) is 10.6 Å². The fourth-order valence-electron chi connectivity index (χ4n) is 1.64. The minimum Gasteiger partial charge on any atom is -0.326 e. The third kappa shape index (κ3) is 4.51.